The van der Waals surface area contributed by atoms with E-state index < -0.39 is 0 Å². The number of methoxy groups -OCH3 is 1. The predicted molar refractivity (Wildman–Crippen MR) is 115 cm³/mol. The Morgan fingerprint density at radius 1 is 1.07 bits per heavy atom. The second-order valence-corrected chi connectivity index (χ2v) is 7.16. The molecule has 2 heterocycles. The third-order valence-corrected chi connectivity index (χ3v) is 5.40. The van der Waals surface area contributed by atoms with Crippen molar-refractivity contribution in [1.82, 2.24) is 9.55 Å². The Bertz CT molecular complexity index is 1150. The zero-order chi connectivity index (χ0) is 20.4. The summed E-state index contributed by atoms with van der Waals surface area (Å²) in [4.78, 5) is 4.65. The van der Waals surface area contributed by atoms with Gasteiger partial charge in [0.2, 0.25) is 0 Å². The van der Waals surface area contributed by atoms with Crippen molar-refractivity contribution >= 4 is 16.6 Å². The number of nitrogens with one attached hydrogen (secondary N) is 1. The van der Waals surface area contributed by atoms with Gasteiger partial charge in [-0.15, -0.1) is 0 Å². The summed E-state index contributed by atoms with van der Waals surface area (Å²) >= 11 is 0. The van der Waals surface area contributed by atoms with Crippen molar-refractivity contribution in [1.29, 1.82) is 0 Å². The van der Waals surface area contributed by atoms with Crippen LogP contribution < -0.4 is 10.1 Å². The molecule has 0 amide bonds. The van der Waals surface area contributed by atoms with E-state index >= 15 is 0 Å². The lowest BCUT2D eigenvalue weighted by molar-refractivity contribution is 0.414. The first kappa shape index (κ1) is 19.0. The van der Waals surface area contributed by atoms with Crippen LogP contribution in [0.15, 0.2) is 60.8 Å². The van der Waals surface area contributed by atoms with E-state index in [1.165, 1.54) is 34.3 Å². The second kappa shape index (κ2) is 7.95. The Kier molecular flexibility index (Phi) is 5.21. The van der Waals surface area contributed by atoms with Gasteiger partial charge in [0.15, 0.2) is 0 Å². The van der Waals surface area contributed by atoms with Crippen LogP contribution in [-0.4, -0.2) is 16.7 Å². The molecule has 0 unspecified atom stereocenters. The lowest BCUT2D eigenvalue weighted by Crippen LogP contribution is -2.08. The summed E-state index contributed by atoms with van der Waals surface area (Å²) in [5, 5.41) is 4.56. The molecule has 0 aliphatic heterocycles. The van der Waals surface area contributed by atoms with E-state index in [4.69, 9.17) is 4.74 Å². The van der Waals surface area contributed by atoms with E-state index in [1.54, 1.807) is 19.2 Å². The van der Waals surface area contributed by atoms with E-state index in [1.807, 2.05) is 18.3 Å². The van der Waals surface area contributed by atoms with Crippen molar-refractivity contribution < 1.29 is 9.13 Å². The molecule has 0 radical (unpaired) electrons. The molecular weight excluding hydrogens is 365 g/mol. The van der Waals surface area contributed by atoms with Crippen LogP contribution in [0.25, 0.3) is 10.9 Å². The molecule has 0 saturated heterocycles. The molecule has 4 nitrogen and oxygen atoms in total. The van der Waals surface area contributed by atoms with Crippen LogP contribution in [-0.2, 0) is 13.1 Å². The summed E-state index contributed by atoms with van der Waals surface area (Å²) in [6, 6.07) is 16.6. The number of fused-ring (bicyclic) bond motifs is 1. The van der Waals surface area contributed by atoms with Crippen LogP contribution in [0, 0.1) is 19.7 Å². The topological polar surface area (TPSA) is 39.1 Å². The maximum Gasteiger partial charge on any atom is 0.123 e. The first-order valence-corrected chi connectivity index (χ1v) is 9.62. The number of nitrogens with zero attached hydrogens (tertiary/aromatic N) is 2. The highest BCUT2D eigenvalue weighted by Gasteiger charge is 2.15. The van der Waals surface area contributed by atoms with Gasteiger partial charge in [-0.05, 0) is 67.4 Å². The molecule has 0 aliphatic rings. The summed E-state index contributed by atoms with van der Waals surface area (Å²) in [5.41, 5.74) is 6.60. The van der Waals surface area contributed by atoms with Crippen molar-refractivity contribution in [3.63, 3.8) is 0 Å². The Morgan fingerprint density at radius 3 is 2.62 bits per heavy atom. The Balaban J connectivity index is 1.71. The molecule has 4 aromatic rings. The molecule has 2 aromatic carbocycles. The van der Waals surface area contributed by atoms with Crippen LogP contribution in [0.1, 0.15) is 22.5 Å². The number of halogens is 1. The number of rotatable bonds is 6. The number of aryl methyl sites for hydroxylation is 1. The molecule has 29 heavy (non-hydrogen) atoms. The Morgan fingerprint density at radius 2 is 1.86 bits per heavy atom. The van der Waals surface area contributed by atoms with Crippen LogP contribution in [0.3, 0.4) is 0 Å². The molecule has 148 valence electrons. The molecule has 0 saturated carbocycles. The highest BCUT2D eigenvalue weighted by molar-refractivity contribution is 5.87. The largest absolute Gasteiger partial charge is 0.497 e. The molecular formula is C24H24FN3O. The van der Waals surface area contributed by atoms with E-state index in [-0.39, 0.29) is 5.82 Å². The summed E-state index contributed by atoms with van der Waals surface area (Å²) in [5.74, 6) is 0.610. The summed E-state index contributed by atoms with van der Waals surface area (Å²) < 4.78 is 20.9. The van der Waals surface area contributed by atoms with Crippen molar-refractivity contribution in [2.45, 2.75) is 26.9 Å². The summed E-state index contributed by atoms with van der Waals surface area (Å²) in [6.45, 7) is 5.59. The normalized spacial score (nSPS) is 11.0. The molecule has 0 aliphatic carbocycles. The maximum absolute atomic E-state index is 13.2. The molecule has 0 bridgehead atoms. The fourth-order valence-corrected chi connectivity index (χ4v) is 3.70. The quantitative estimate of drug-likeness (QED) is 0.476. The van der Waals surface area contributed by atoms with Gasteiger partial charge >= 0.3 is 0 Å². The second-order valence-electron chi connectivity index (χ2n) is 7.16. The molecule has 2 aromatic heterocycles. The lowest BCUT2D eigenvalue weighted by atomic mass is 10.1. The van der Waals surface area contributed by atoms with Crippen molar-refractivity contribution in [2.75, 3.05) is 12.4 Å². The fourth-order valence-electron chi connectivity index (χ4n) is 3.70. The average Bonchev–Trinajstić information content (AvgIpc) is 2.99. The summed E-state index contributed by atoms with van der Waals surface area (Å²) in [6.07, 6.45) is 1.85. The minimum atomic E-state index is -0.241. The molecule has 0 spiro atoms. The zero-order valence-electron chi connectivity index (χ0n) is 16.9. The average molecular weight is 389 g/mol. The minimum absolute atomic E-state index is 0.241. The highest BCUT2D eigenvalue weighted by atomic mass is 19.1. The fraction of sp³-hybridized carbons (Fsp3) is 0.208. The Labute approximate surface area is 170 Å². The SMILES string of the molecule is COc1cccc(Cn2c(C)c(C)c3ccnc(CNc4ccc(F)cc4)c32)c1. The van der Waals surface area contributed by atoms with E-state index in [0.717, 1.165) is 29.2 Å². The van der Waals surface area contributed by atoms with Gasteiger partial charge in [-0.2, -0.15) is 0 Å². The predicted octanol–water partition coefficient (Wildman–Crippen LogP) is 5.46. The Hall–Kier alpha value is -3.34. The van der Waals surface area contributed by atoms with Crippen LogP contribution >= 0.6 is 0 Å². The van der Waals surface area contributed by atoms with Gasteiger partial charge in [0.25, 0.3) is 0 Å². The zero-order valence-corrected chi connectivity index (χ0v) is 16.9. The first-order valence-electron chi connectivity index (χ1n) is 9.62. The summed E-state index contributed by atoms with van der Waals surface area (Å²) in [7, 11) is 1.68. The van der Waals surface area contributed by atoms with Crippen LogP contribution in [0.2, 0.25) is 0 Å². The lowest BCUT2D eigenvalue weighted by Gasteiger charge is -2.13. The van der Waals surface area contributed by atoms with Gasteiger partial charge in [-0.25, -0.2) is 4.39 Å². The van der Waals surface area contributed by atoms with Gasteiger partial charge in [0.05, 0.1) is 24.9 Å². The number of aromatic nitrogens is 2. The molecule has 1 N–H and O–H groups in total. The number of pyridine rings is 1. The van der Waals surface area contributed by atoms with Crippen molar-refractivity contribution in [2.24, 2.45) is 0 Å². The van der Waals surface area contributed by atoms with E-state index in [0.29, 0.717) is 6.54 Å². The number of ether oxygens (including phenoxy) is 1. The first-order chi connectivity index (χ1) is 14.1. The number of hydrogen-bond donors (Lipinski definition) is 1. The van der Waals surface area contributed by atoms with Crippen molar-refractivity contribution in [3.05, 3.63) is 89.1 Å². The number of benzene rings is 2. The monoisotopic (exact) mass is 389 g/mol. The third kappa shape index (κ3) is 3.81. The minimum Gasteiger partial charge on any atom is -0.497 e. The molecule has 5 heteroatoms. The van der Waals surface area contributed by atoms with Crippen LogP contribution in [0.4, 0.5) is 10.1 Å². The van der Waals surface area contributed by atoms with Gasteiger partial charge in [-0.3, -0.25) is 4.98 Å². The number of hydrogen-bond acceptors (Lipinski definition) is 3. The van der Waals surface area contributed by atoms with Gasteiger partial charge in [0, 0.05) is 29.5 Å². The number of anilines is 1. The third-order valence-electron chi connectivity index (χ3n) is 5.40. The van der Waals surface area contributed by atoms with Gasteiger partial charge < -0.3 is 14.6 Å². The molecule has 4 rings (SSSR count). The molecule has 0 fully saturated rings. The van der Waals surface area contributed by atoms with Gasteiger partial charge in [-0.1, -0.05) is 12.1 Å². The van der Waals surface area contributed by atoms with Crippen molar-refractivity contribution in [3.8, 4) is 5.75 Å². The maximum atomic E-state index is 13.2. The molecule has 0 atom stereocenters. The van der Waals surface area contributed by atoms with E-state index in [9.17, 15) is 4.39 Å². The van der Waals surface area contributed by atoms with Crippen LogP contribution in [0.5, 0.6) is 5.75 Å². The smallest absolute Gasteiger partial charge is 0.123 e. The van der Waals surface area contributed by atoms with Gasteiger partial charge in [0.1, 0.15) is 11.6 Å². The highest BCUT2D eigenvalue weighted by Crippen LogP contribution is 2.29. The van der Waals surface area contributed by atoms with E-state index in [2.05, 4.69) is 46.9 Å². The standard InChI is InChI=1S/C24H24FN3O/c1-16-17(2)28(15-18-5-4-6-21(13-18)29-3)24-22(16)11-12-26-23(24)14-27-20-9-7-19(25)8-10-20/h4-13,27H,14-15H2,1-3H3.